The Hall–Kier alpha value is -1.52. The molecule has 0 aliphatic rings. The molecule has 0 aliphatic carbocycles. The van der Waals surface area contributed by atoms with E-state index >= 15 is 0 Å². The molecule has 4 heteroatoms. The van der Waals surface area contributed by atoms with Crippen LogP contribution in [0.5, 0.6) is 5.75 Å². The second-order valence-electron chi connectivity index (χ2n) is 3.82. The molecule has 0 spiro atoms. The lowest BCUT2D eigenvalue weighted by atomic mass is 10.2. The first-order valence-electron chi connectivity index (χ1n) is 5.17. The van der Waals surface area contributed by atoms with Crippen LogP contribution < -0.4 is 10.5 Å². The van der Waals surface area contributed by atoms with Gasteiger partial charge in [-0.3, -0.25) is 0 Å². The number of fused-ring (bicyclic) bond motifs is 1. The van der Waals surface area contributed by atoms with E-state index in [1.54, 1.807) is 7.11 Å². The van der Waals surface area contributed by atoms with E-state index in [9.17, 15) is 0 Å². The van der Waals surface area contributed by atoms with Crippen molar-refractivity contribution in [2.45, 2.75) is 6.04 Å². The summed E-state index contributed by atoms with van der Waals surface area (Å²) in [5.74, 6) is 0.816. The first-order valence-corrected chi connectivity index (χ1v) is 5.17. The Balaban J connectivity index is 2.68. The van der Waals surface area contributed by atoms with E-state index in [2.05, 4.69) is 0 Å². The fourth-order valence-corrected chi connectivity index (χ4v) is 2.01. The second kappa shape index (κ2) is 4.15. The SMILES string of the molecule is COc1cccc2cc(C(N)CO)n(C)c12. The van der Waals surface area contributed by atoms with E-state index in [4.69, 9.17) is 15.6 Å². The number of hydrogen-bond acceptors (Lipinski definition) is 3. The highest BCUT2D eigenvalue weighted by molar-refractivity contribution is 5.87. The molecule has 0 saturated carbocycles. The molecule has 4 nitrogen and oxygen atoms in total. The molecule has 2 rings (SSSR count). The van der Waals surface area contributed by atoms with E-state index in [-0.39, 0.29) is 12.6 Å². The standard InChI is InChI=1S/C12H16N2O2/c1-14-10(9(13)7-15)6-8-4-3-5-11(16-2)12(8)14/h3-6,9,15H,7,13H2,1-2H3. The van der Waals surface area contributed by atoms with E-state index < -0.39 is 0 Å². The van der Waals surface area contributed by atoms with Crippen LogP contribution in [-0.4, -0.2) is 23.4 Å². The summed E-state index contributed by atoms with van der Waals surface area (Å²) >= 11 is 0. The van der Waals surface area contributed by atoms with E-state index in [1.165, 1.54) is 0 Å². The smallest absolute Gasteiger partial charge is 0.143 e. The maximum absolute atomic E-state index is 9.09. The number of para-hydroxylation sites is 1. The normalized spacial score (nSPS) is 13.0. The van der Waals surface area contributed by atoms with Gasteiger partial charge in [0.05, 0.1) is 25.3 Å². The van der Waals surface area contributed by atoms with Gasteiger partial charge in [-0.25, -0.2) is 0 Å². The van der Waals surface area contributed by atoms with Crippen molar-refractivity contribution in [1.29, 1.82) is 0 Å². The number of benzene rings is 1. The molecular weight excluding hydrogens is 204 g/mol. The van der Waals surface area contributed by atoms with Crippen molar-refractivity contribution in [2.75, 3.05) is 13.7 Å². The van der Waals surface area contributed by atoms with Gasteiger partial charge in [-0.2, -0.15) is 0 Å². The van der Waals surface area contributed by atoms with Crippen LogP contribution in [0.2, 0.25) is 0 Å². The molecule has 2 aromatic rings. The number of aliphatic hydroxyl groups is 1. The molecule has 0 radical (unpaired) electrons. The monoisotopic (exact) mass is 220 g/mol. The third-order valence-electron chi connectivity index (χ3n) is 2.85. The van der Waals surface area contributed by atoms with Gasteiger partial charge in [-0.1, -0.05) is 12.1 Å². The lowest BCUT2D eigenvalue weighted by Gasteiger charge is -2.11. The van der Waals surface area contributed by atoms with Crippen molar-refractivity contribution in [3.05, 3.63) is 30.0 Å². The molecular formula is C12H16N2O2. The number of rotatable bonds is 3. The third kappa shape index (κ3) is 1.56. The molecule has 0 fully saturated rings. The molecule has 1 unspecified atom stereocenters. The van der Waals surface area contributed by atoms with Crippen molar-refractivity contribution in [1.82, 2.24) is 4.57 Å². The quantitative estimate of drug-likeness (QED) is 0.816. The number of hydrogen-bond donors (Lipinski definition) is 2. The Morgan fingerprint density at radius 3 is 2.88 bits per heavy atom. The van der Waals surface area contributed by atoms with Gasteiger partial charge in [0, 0.05) is 18.1 Å². The lowest BCUT2D eigenvalue weighted by Crippen LogP contribution is -2.17. The summed E-state index contributed by atoms with van der Waals surface area (Å²) in [6, 6.07) is 7.48. The van der Waals surface area contributed by atoms with Crippen molar-refractivity contribution in [2.24, 2.45) is 12.8 Å². The Morgan fingerprint density at radius 2 is 2.25 bits per heavy atom. The molecule has 1 heterocycles. The third-order valence-corrected chi connectivity index (χ3v) is 2.85. The van der Waals surface area contributed by atoms with Gasteiger partial charge >= 0.3 is 0 Å². The number of ether oxygens (including phenoxy) is 1. The van der Waals surface area contributed by atoms with E-state index in [0.717, 1.165) is 22.3 Å². The summed E-state index contributed by atoms with van der Waals surface area (Å²) in [4.78, 5) is 0. The summed E-state index contributed by atoms with van der Waals surface area (Å²) in [6.45, 7) is -0.0630. The van der Waals surface area contributed by atoms with E-state index in [0.29, 0.717) is 0 Å². The topological polar surface area (TPSA) is 60.4 Å². The van der Waals surface area contributed by atoms with Crippen molar-refractivity contribution >= 4 is 10.9 Å². The molecule has 0 saturated heterocycles. The Labute approximate surface area is 94.2 Å². The summed E-state index contributed by atoms with van der Waals surface area (Å²) in [6.07, 6.45) is 0. The molecule has 16 heavy (non-hydrogen) atoms. The van der Waals surface area contributed by atoms with Crippen molar-refractivity contribution in [3.8, 4) is 5.75 Å². The minimum Gasteiger partial charge on any atom is -0.495 e. The van der Waals surface area contributed by atoms with Crippen LogP contribution in [0.25, 0.3) is 10.9 Å². The fourth-order valence-electron chi connectivity index (χ4n) is 2.01. The summed E-state index contributed by atoms with van der Waals surface area (Å²) in [5.41, 5.74) is 7.75. The number of aryl methyl sites for hydroxylation is 1. The lowest BCUT2D eigenvalue weighted by molar-refractivity contribution is 0.264. The Morgan fingerprint density at radius 1 is 1.50 bits per heavy atom. The first kappa shape index (κ1) is 11.0. The number of aromatic nitrogens is 1. The zero-order valence-electron chi connectivity index (χ0n) is 9.47. The molecule has 1 aromatic carbocycles. The highest BCUT2D eigenvalue weighted by Crippen LogP contribution is 2.29. The predicted octanol–water partition coefficient (Wildman–Crippen LogP) is 1.18. The predicted molar refractivity (Wildman–Crippen MR) is 63.5 cm³/mol. The molecule has 86 valence electrons. The van der Waals surface area contributed by atoms with Crippen LogP contribution in [-0.2, 0) is 7.05 Å². The highest BCUT2D eigenvalue weighted by Gasteiger charge is 2.14. The van der Waals surface area contributed by atoms with Crippen LogP contribution in [0.4, 0.5) is 0 Å². The Bertz CT molecular complexity index is 505. The van der Waals surface area contributed by atoms with Gasteiger partial charge in [0.2, 0.25) is 0 Å². The Kier molecular flexibility index (Phi) is 2.85. The minimum absolute atomic E-state index is 0.0630. The van der Waals surface area contributed by atoms with Crippen LogP contribution in [0.3, 0.4) is 0 Å². The zero-order chi connectivity index (χ0) is 11.7. The molecule has 1 atom stereocenters. The van der Waals surface area contributed by atoms with Gasteiger partial charge in [-0.05, 0) is 12.1 Å². The average molecular weight is 220 g/mol. The van der Waals surface area contributed by atoms with Crippen LogP contribution in [0.15, 0.2) is 24.3 Å². The maximum Gasteiger partial charge on any atom is 0.143 e. The van der Waals surface area contributed by atoms with Crippen molar-refractivity contribution < 1.29 is 9.84 Å². The summed E-state index contributed by atoms with van der Waals surface area (Å²) in [7, 11) is 3.57. The number of nitrogens with zero attached hydrogens (tertiary/aromatic N) is 1. The summed E-state index contributed by atoms with van der Waals surface area (Å²) in [5, 5.41) is 10.2. The average Bonchev–Trinajstić information content (AvgIpc) is 2.66. The molecule has 3 N–H and O–H groups in total. The molecule has 0 amide bonds. The van der Waals surface area contributed by atoms with Crippen LogP contribution >= 0.6 is 0 Å². The van der Waals surface area contributed by atoms with Crippen LogP contribution in [0, 0.1) is 0 Å². The van der Waals surface area contributed by atoms with Gasteiger partial charge in [0.1, 0.15) is 5.75 Å². The first-order chi connectivity index (χ1) is 7.69. The van der Waals surface area contributed by atoms with Gasteiger partial charge in [-0.15, -0.1) is 0 Å². The molecule has 1 aromatic heterocycles. The highest BCUT2D eigenvalue weighted by atomic mass is 16.5. The van der Waals surface area contributed by atoms with Gasteiger partial charge in [0.25, 0.3) is 0 Å². The molecule has 0 aliphatic heterocycles. The van der Waals surface area contributed by atoms with Gasteiger partial charge in [0.15, 0.2) is 0 Å². The second-order valence-corrected chi connectivity index (χ2v) is 3.82. The van der Waals surface area contributed by atoms with Crippen molar-refractivity contribution in [3.63, 3.8) is 0 Å². The minimum atomic E-state index is -0.359. The maximum atomic E-state index is 9.09. The number of nitrogens with two attached hydrogens (primary N) is 1. The number of methoxy groups -OCH3 is 1. The van der Waals surface area contributed by atoms with Crippen LogP contribution in [0.1, 0.15) is 11.7 Å². The summed E-state index contributed by atoms with van der Waals surface area (Å²) < 4.78 is 7.28. The van der Waals surface area contributed by atoms with Gasteiger partial charge < -0.3 is 20.1 Å². The largest absolute Gasteiger partial charge is 0.495 e. The number of aliphatic hydroxyl groups excluding tert-OH is 1. The molecule has 0 bridgehead atoms. The zero-order valence-corrected chi connectivity index (χ0v) is 9.47. The van der Waals surface area contributed by atoms with E-state index in [1.807, 2.05) is 35.9 Å². The fraction of sp³-hybridized carbons (Fsp3) is 0.333.